The second kappa shape index (κ2) is 11.2. The molecule has 0 unspecified atom stereocenters. The summed E-state index contributed by atoms with van der Waals surface area (Å²) in [6.07, 6.45) is 3.95. The number of benzene rings is 1. The van der Waals surface area contributed by atoms with Crippen LogP contribution in [0.15, 0.2) is 54.9 Å². The van der Waals surface area contributed by atoms with Gasteiger partial charge >= 0.3 is 6.03 Å². The third-order valence-electron chi connectivity index (χ3n) is 5.95. The average Bonchev–Trinajstić information content (AvgIpc) is 3.25. The summed E-state index contributed by atoms with van der Waals surface area (Å²) in [5, 5.41) is 13.5. The van der Waals surface area contributed by atoms with Gasteiger partial charge in [-0.3, -0.25) is 19.4 Å². The molecule has 0 aliphatic carbocycles. The lowest BCUT2D eigenvalue weighted by Gasteiger charge is -2.38. The van der Waals surface area contributed by atoms with Crippen molar-refractivity contribution in [1.82, 2.24) is 25.0 Å². The number of nitrogens with zero attached hydrogens (tertiary/aromatic N) is 4. The number of aryl methyl sites for hydroxylation is 1. The molecule has 0 bridgehead atoms. The van der Waals surface area contributed by atoms with Crippen LogP contribution in [0.5, 0.6) is 5.75 Å². The number of hydrogen-bond donors (Lipinski definition) is 3. The molecule has 1 saturated heterocycles. The molecule has 3 heterocycles. The normalized spacial score (nSPS) is 18.0. The van der Waals surface area contributed by atoms with Crippen LogP contribution in [-0.4, -0.2) is 64.4 Å². The topological polar surface area (TPSA) is 113 Å². The number of likely N-dealkylation sites (tertiary alicyclic amines) is 1. The molecule has 1 aromatic carbocycles. The van der Waals surface area contributed by atoms with Gasteiger partial charge in [-0.1, -0.05) is 11.6 Å². The number of nitrogens with one attached hydrogen (secondary N) is 3. The Labute approximate surface area is 208 Å². The Bertz CT molecular complexity index is 1150. The number of amides is 3. The van der Waals surface area contributed by atoms with Crippen LogP contribution in [0.1, 0.15) is 18.0 Å². The zero-order chi connectivity index (χ0) is 24.8. The maximum Gasteiger partial charge on any atom is 0.319 e. The van der Waals surface area contributed by atoms with Crippen molar-refractivity contribution in [2.75, 3.05) is 37.4 Å². The maximum absolute atomic E-state index is 12.7. The van der Waals surface area contributed by atoms with Gasteiger partial charge in [0.1, 0.15) is 11.6 Å². The highest BCUT2D eigenvalue weighted by atomic mass is 35.5. The molecule has 2 atom stereocenters. The average molecular weight is 498 g/mol. The van der Waals surface area contributed by atoms with E-state index in [1.165, 1.54) is 0 Å². The van der Waals surface area contributed by atoms with Crippen molar-refractivity contribution in [1.29, 1.82) is 0 Å². The van der Waals surface area contributed by atoms with Gasteiger partial charge in [0.15, 0.2) is 0 Å². The SMILES string of the molecule is COc1ccc([C@@H]2CN(CC(=O)Nc3ccnn3C)CC[C@H]2NC(=O)Nc2ccc(Cl)cc2)nc1. The Hall–Kier alpha value is -3.63. The number of urea groups is 1. The van der Waals surface area contributed by atoms with Gasteiger partial charge in [0.2, 0.25) is 5.91 Å². The number of pyridine rings is 1. The molecule has 3 amide bonds. The molecule has 0 saturated carbocycles. The van der Waals surface area contributed by atoms with Crippen molar-refractivity contribution in [2.45, 2.75) is 18.4 Å². The van der Waals surface area contributed by atoms with Gasteiger partial charge in [-0.2, -0.15) is 5.10 Å². The molecule has 1 fully saturated rings. The molecule has 0 radical (unpaired) electrons. The first kappa shape index (κ1) is 24.5. The number of methoxy groups -OCH3 is 1. The first-order chi connectivity index (χ1) is 16.9. The largest absolute Gasteiger partial charge is 0.495 e. The number of halogens is 1. The fourth-order valence-electron chi connectivity index (χ4n) is 4.12. The van der Waals surface area contributed by atoms with Gasteiger partial charge in [-0.25, -0.2) is 4.79 Å². The highest BCUT2D eigenvalue weighted by molar-refractivity contribution is 6.30. The van der Waals surface area contributed by atoms with Crippen molar-refractivity contribution in [3.05, 3.63) is 65.6 Å². The summed E-state index contributed by atoms with van der Waals surface area (Å²) in [6, 6.07) is 11.9. The molecular formula is C24H28ClN7O3. The number of carbonyl (C=O) groups is 2. The minimum absolute atomic E-state index is 0.116. The monoisotopic (exact) mass is 497 g/mol. The van der Waals surface area contributed by atoms with E-state index in [1.807, 2.05) is 12.1 Å². The number of aromatic nitrogens is 3. The van der Waals surface area contributed by atoms with Crippen molar-refractivity contribution in [3.8, 4) is 5.75 Å². The predicted octanol–water partition coefficient (Wildman–Crippen LogP) is 3.10. The zero-order valence-electron chi connectivity index (χ0n) is 19.6. The Morgan fingerprint density at radius 2 is 1.94 bits per heavy atom. The molecule has 2 aromatic heterocycles. The third kappa shape index (κ3) is 6.49. The standard InChI is InChI=1S/C24H28ClN7O3/c1-31-22(9-11-27-31)30-23(33)15-32-12-10-21(19(14-32)20-8-7-18(35-2)13-26-20)29-24(34)28-17-5-3-16(25)4-6-17/h3-9,11,13,19,21H,10,12,14-15H2,1-2H3,(H,30,33)(H2,28,29,34)/t19-,21+/m0/s1. The fraction of sp³-hybridized carbons (Fsp3) is 0.333. The molecule has 35 heavy (non-hydrogen) atoms. The molecule has 0 spiro atoms. The Kier molecular flexibility index (Phi) is 7.84. The number of carbonyl (C=O) groups excluding carboxylic acids is 2. The van der Waals surface area contributed by atoms with E-state index in [0.29, 0.717) is 41.8 Å². The number of anilines is 2. The van der Waals surface area contributed by atoms with E-state index in [1.54, 1.807) is 61.6 Å². The molecule has 4 rings (SSSR count). The second-order valence-electron chi connectivity index (χ2n) is 8.35. The Morgan fingerprint density at radius 1 is 1.14 bits per heavy atom. The van der Waals surface area contributed by atoms with Crippen LogP contribution in [-0.2, 0) is 11.8 Å². The van der Waals surface area contributed by atoms with Crippen LogP contribution in [0.25, 0.3) is 0 Å². The van der Waals surface area contributed by atoms with Gasteiger partial charge in [0.25, 0.3) is 0 Å². The zero-order valence-corrected chi connectivity index (χ0v) is 20.3. The molecule has 184 valence electrons. The van der Waals surface area contributed by atoms with Crippen molar-refractivity contribution in [2.24, 2.45) is 7.05 Å². The maximum atomic E-state index is 12.7. The van der Waals surface area contributed by atoms with Crippen LogP contribution < -0.4 is 20.7 Å². The van der Waals surface area contributed by atoms with E-state index < -0.39 is 0 Å². The molecule has 10 nitrogen and oxygen atoms in total. The van der Waals surface area contributed by atoms with Gasteiger partial charge in [0.05, 0.1) is 26.0 Å². The quantitative estimate of drug-likeness (QED) is 0.462. The lowest BCUT2D eigenvalue weighted by atomic mass is 9.88. The van der Waals surface area contributed by atoms with Crippen LogP contribution in [0.3, 0.4) is 0 Å². The summed E-state index contributed by atoms with van der Waals surface area (Å²) in [4.78, 5) is 32.0. The summed E-state index contributed by atoms with van der Waals surface area (Å²) in [5.74, 6) is 1.05. The Balaban J connectivity index is 1.43. The molecule has 11 heteroatoms. The van der Waals surface area contributed by atoms with Crippen LogP contribution >= 0.6 is 11.6 Å². The van der Waals surface area contributed by atoms with Gasteiger partial charge in [0, 0.05) is 54.6 Å². The fourth-order valence-corrected chi connectivity index (χ4v) is 4.24. The van der Waals surface area contributed by atoms with E-state index in [9.17, 15) is 9.59 Å². The summed E-state index contributed by atoms with van der Waals surface area (Å²) < 4.78 is 6.84. The summed E-state index contributed by atoms with van der Waals surface area (Å²) >= 11 is 5.93. The third-order valence-corrected chi connectivity index (χ3v) is 6.20. The lowest BCUT2D eigenvalue weighted by molar-refractivity contribution is -0.117. The van der Waals surface area contributed by atoms with Crippen molar-refractivity contribution < 1.29 is 14.3 Å². The van der Waals surface area contributed by atoms with E-state index in [0.717, 1.165) is 5.69 Å². The first-order valence-corrected chi connectivity index (χ1v) is 11.6. The van der Waals surface area contributed by atoms with Crippen molar-refractivity contribution in [3.63, 3.8) is 0 Å². The first-order valence-electron chi connectivity index (χ1n) is 11.2. The number of piperidine rings is 1. The summed E-state index contributed by atoms with van der Waals surface area (Å²) in [7, 11) is 3.36. The highest BCUT2D eigenvalue weighted by Gasteiger charge is 2.33. The van der Waals surface area contributed by atoms with E-state index in [4.69, 9.17) is 16.3 Å². The Morgan fingerprint density at radius 3 is 2.60 bits per heavy atom. The molecule has 1 aliphatic heterocycles. The molecule has 3 aromatic rings. The number of hydrogen-bond acceptors (Lipinski definition) is 6. The van der Waals surface area contributed by atoms with E-state index in [-0.39, 0.29) is 30.4 Å². The smallest absolute Gasteiger partial charge is 0.319 e. The van der Waals surface area contributed by atoms with E-state index in [2.05, 4.69) is 30.9 Å². The number of rotatable bonds is 7. The minimum atomic E-state index is -0.307. The van der Waals surface area contributed by atoms with Gasteiger partial charge in [-0.15, -0.1) is 0 Å². The summed E-state index contributed by atoms with van der Waals surface area (Å²) in [5.41, 5.74) is 1.47. The molecule has 3 N–H and O–H groups in total. The highest BCUT2D eigenvalue weighted by Crippen LogP contribution is 2.27. The predicted molar refractivity (Wildman–Crippen MR) is 134 cm³/mol. The van der Waals surface area contributed by atoms with E-state index >= 15 is 0 Å². The molecule has 1 aliphatic rings. The lowest BCUT2D eigenvalue weighted by Crippen LogP contribution is -2.52. The van der Waals surface area contributed by atoms with Crippen LogP contribution in [0.2, 0.25) is 5.02 Å². The number of ether oxygens (including phenoxy) is 1. The van der Waals surface area contributed by atoms with Gasteiger partial charge < -0.3 is 20.7 Å². The minimum Gasteiger partial charge on any atom is -0.495 e. The van der Waals surface area contributed by atoms with Crippen LogP contribution in [0, 0.1) is 0 Å². The second-order valence-corrected chi connectivity index (χ2v) is 8.79. The molecular weight excluding hydrogens is 470 g/mol. The van der Waals surface area contributed by atoms with Crippen LogP contribution in [0.4, 0.5) is 16.3 Å². The summed E-state index contributed by atoms with van der Waals surface area (Å²) in [6.45, 7) is 1.43. The van der Waals surface area contributed by atoms with Gasteiger partial charge in [-0.05, 0) is 42.8 Å². The van der Waals surface area contributed by atoms with Crippen molar-refractivity contribution >= 4 is 35.0 Å².